The standard InChI is InChI=1S/C36H54N2O2/c1-3-5-7-8-9-11-12-28-14-16-30(17-15-28)31-18-20-33(21-19-31)36(39)40-34-24-22-32(23-25-34)35-37-26-29(27-38-35)13-10-6-4-2/h22-28,30-31,33H,3-21H2,1-2H3. The van der Waals surface area contributed by atoms with Gasteiger partial charge in [-0.1, -0.05) is 84.5 Å². The van der Waals surface area contributed by atoms with E-state index in [-0.39, 0.29) is 11.9 Å². The van der Waals surface area contributed by atoms with Crippen molar-refractivity contribution in [2.24, 2.45) is 23.7 Å². The summed E-state index contributed by atoms with van der Waals surface area (Å²) in [6.45, 7) is 4.51. The molecule has 2 fully saturated rings. The van der Waals surface area contributed by atoms with Crippen LogP contribution >= 0.6 is 0 Å². The highest BCUT2D eigenvalue weighted by Gasteiger charge is 2.33. The van der Waals surface area contributed by atoms with Crippen molar-refractivity contribution >= 4 is 5.97 Å². The Morgan fingerprint density at radius 2 is 1.30 bits per heavy atom. The number of aryl methyl sites for hydroxylation is 1. The van der Waals surface area contributed by atoms with Crippen LogP contribution in [0.4, 0.5) is 0 Å². The van der Waals surface area contributed by atoms with E-state index in [1.807, 2.05) is 36.7 Å². The zero-order valence-corrected chi connectivity index (χ0v) is 25.4. The van der Waals surface area contributed by atoms with Gasteiger partial charge in [-0.15, -0.1) is 0 Å². The summed E-state index contributed by atoms with van der Waals surface area (Å²) in [5.41, 5.74) is 2.13. The summed E-state index contributed by atoms with van der Waals surface area (Å²) < 4.78 is 5.80. The molecule has 0 N–H and O–H groups in total. The highest BCUT2D eigenvalue weighted by molar-refractivity contribution is 5.75. The summed E-state index contributed by atoms with van der Waals surface area (Å²) in [5, 5.41) is 0. The Bertz CT molecular complexity index is 971. The van der Waals surface area contributed by atoms with Gasteiger partial charge in [0.2, 0.25) is 0 Å². The first-order chi connectivity index (χ1) is 19.7. The second-order valence-corrected chi connectivity index (χ2v) is 12.8. The summed E-state index contributed by atoms with van der Waals surface area (Å²) in [6.07, 6.45) is 28.5. The average molecular weight is 547 g/mol. The van der Waals surface area contributed by atoms with Crippen molar-refractivity contribution in [3.8, 4) is 17.1 Å². The fourth-order valence-corrected chi connectivity index (χ4v) is 7.07. The first kappa shape index (κ1) is 30.7. The second kappa shape index (κ2) is 16.9. The van der Waals surface area contributed by atoms with Crippen LogP contribution in [-0.4, -0.2) is 15.9 Å². The van der Waals surface area contributed by atoms with Gasteiger partial charge in [0.25, 0.3) is 0 Å². The molecule has 0 aliphatic heterocycles. The number of unbranched alkanes of at least 4 members (excludes halogenated alkanes) is 7. The molecule has 4 nitrogen and oxygen atoms in total. The number of ether oxygens (including phenoxy) is 1. The van der Waals surface area contributed by atoms with Crippen LogP contribution in [0.2, 0.25) is 0 Å². The maximum absolute atomic E-state index is 12.9. The van der Waals surface area contributed by atoms with Gasteiger partial charge in [0, 0.05) is 18.0 Å². The molecule has 1 heterocycles. The fraction of sp³-hybridized carbons (Fsp3) is 0.694. The topological polar surface area (TPSA) is 52.1 Å². The SMILES string of the molecule is CCCCCCCCC1CCC(C2CCC(C(=O)Oc3ccc(-c4ncc(CCCCC)cn4)cc3)CC2)CC1. The van der Waals surface area contributed by atoms with E-state index >= 15 is 0 Å². The Morgan fingerprint density at radius 1 is 0.725 bits per heavy atom. The lowest BCUT2D eigenvalue weighted by molar-refractivity contribution is -0.140. The predicted molar refractivity (Wildman–Crippen MR) is 165 cm³/mol. The van der Waals surface area contributed by atoms with Crippen LogP contribution in [0, 0.1) is 23.7 Å². The molecule has 1 aromatic heterocycles. The summed E-state index contributed by atoms with van der Waals surface area (Å²) in [4.78, 5) is 22.0. The van der Waals surface area contributed by atoms with Crippen molar-refractivity contribution in [3.63, 3.8) is 0 Å². The summed E-state index contributed by atoms with van der Waals surface area (Å²) >= 11 is 0. The Kier molecular flexibility index (Phi) is 13.0. The molecule has 40 heavy (non-hydrogen) atoms. The lowest BCUT2D eigenvalue weighted by Crippen LogP contribution is -2.30. The molecule has 2 aliphatic carbocycles. The van der Waals surface area contributed by atoms with E-state index in [2.05, 4.69) is 23.8 Å². The van der Waals surface area contributed by atoms with Crippen molar-refractivity contribution in [3.05, 3.63) is 42.2 Å². The quantitative estimate of drug-likeness (QED) is 0.127. The van der Waals surface area contributed by atoms with E-state index < -0.39 is 0 Å². The maximum atomic E-state index is 12.9. The monoisotopic (exact) mass is 546 g/mol. The number of hydrogen-bond donors (Lipinski definition) is 0. The summed E-state index contributed by atoms with van der Waals surface area (Å²) in [7, 11) is 0. The molecule has 4 rings (SSSR count). The Hall–Kier alpha value is -2.23. The molecule has 220 valence electrons. The number of carbonyl (C=O) groups excluding carboxylic acids is 1. The van der Waals surface area contributed by atoms with Gasteiger partial charge in [0.05, 0.1) is 5.92 Å². The molecule has 1 aromatic carbocycles. The zero-order chi connectivity index (χ0) is 28.0. The Morgan fingerprint density at radius 3 is 1.95 bits per heavy atom. The van der Waals surface area contributed by atoms with Crippen LogP contribution in [0.15, 0.2) is 36.7 Å². The normalized spacial score (nSPS) is 23.1. The van der Waals surface area contributed by atoms with Gasteiger partial charge in [-0.25, -0.2) is 9.97 Å². The van der Waals surface area contributed by atoms with E-state index in [9.17, 15) is 4.79 Å². The van der Waals surface area contributed by atoms with Crippen LogP contribution < -0.4 is 4.74 Å². The van der Waals surface area contributed by atoms with Gasteiger partial charge in [-0.05, 0) is 98.9 Å². The number of rotatable bonds is 15. The third-order valence-corrected chi connectivity index (χ3v) is 9.73. The molecule has 0 amide bonds. The van der Waals surface area contributed by atoms with Crippen LogP contribution in [-0.2, 0) is 11.2 Å². The molecule has 2 aliphatic rings. The van der Waals surface area contributed by atoms with Gasteiger partial charge in [-0.2, -0.15) is 0 Å². The number of esters is 1. The first-order valence-electron chi connectivity index (χ1n) is 16.8. The number of carbonyl (C=O) groups is 1. The molecule has 4 heteroatoms. The Balaban J connectivity index is 1.14. The van der Waals surface area contributed by atoms with Crippen molar-refractivity contribution in [1.82, 2.24) is 9.97 Å². The predicted octanol–water partition coefficient (Wildman–Crippen LogP) is 10.1. The maximum Gasteiger partial charge on any atom is 0.314 e. The molecule has 2 saturated carbocycles. The van der Waals surface area contributed by atoms with Gasteiger partial charge >= 0.3 is 5.97 Å². The van der Waals surface area contributed by atoms with Crippen LogP contribution in [0.1, 0.15) is 135 Å². The van der Waals surface area contributed by atoms with Gasteiger partial charge in [0.1, 0.15) is 5.75 Å². The fourth-order valence-electron chi connectivity index (χ4n) is 7.07. The smallest absolute Gasteiger partial charge is 0.314 e. The van der Waals surface area contributed by atoms with Gasteiger partial charge in [-0.3, -0.25) is 4.79 Å². The number of hydrogen-bond acceptors (Lipinski definition) is 4. The zero-order valence-electron chi connectivity index (χ0n) is 25.4. The van der Waals surface area contributed by atoms with E-state index in [1.165, 1.54) is 108 Å². The van der Waals surface area contributed by atoms with Crippen molar-refractivity contribution < 1.29 is 9.53 Å². The molecule has 0 atom stereocenters. The molecule has 2 aromatic rings. The highest BCUT2D eigenvalue weighted by Crippen LogP contribution is 2.42. The minimum absolute atomic E-state index is 0.0450. The molecule has 0 radical (unpaired) electrons. The first-order valence-corrected chi connectivity index (χ1v) is 16.8. The van der Waals surface area contributed by atoms with E-state index in [1.54, 1.807) is 0 Å². The largest absolute Gasteiger partial charge is 0.426 e. The average Bonchev–Trinajstić information content (AvgIpc) is 3.00. The highest BCUT2D eigenvalue weighted by atomic mass is 16.5. The minimum Gasteiger partial charge on any atom is -0.426 e. The van der Waals surface area contributed by atoms with Crippen LogP contribution in [0.5, 0.6) is 5.75 Å². The Labute approximate surface area is 244 Å². The third kappa shape index (κ3) is 9.70. The minimum atomic E-state index is -0.0541. The summed E-state index contributed by atoms with van der Waals surface area (Å²) in [5.74, 6) is 4.00. The lowest BCUT2D eigenvalue weighted by atomic mass is 9.68. The molecule has 0 unspecified atom stereocenters. The number of aromatic nitrogens is 2. The van der Waals surface area contributed by atoms with Crippen molar-refractivity contribution in [2.75, 3.05) is 0 Å². The van der Waals surface area contributed by atoms with Gasteiger partial charge in [0.15, 0.2) is 5.82 Å². The number of nitrogens with zero attached hydrogens (tertiary/aromatic N) is 2. The van der Waals surface area contributed by atoms with Crippen LogP contribution in [0.25, 0.3) is 11.4 Å². The lowest BCUT2D eigenvalue weighted by Gasteiger charge is -2.37. The van der Waals surface area contributed by atoms with Crippen molar-refractivity contribution in [2.45, 2.75) is 136 Å². The molecule has 0 spiro atoms. The molecule has 0 saturated heterocycles. The number of benzene rings is 1. The van der Waals surface area contributed by atoms with Gasteiger partial charge < -0.3 is 4.74 Å². The second-order valence-electron chi connectivity index (χ2n) is 12.8. The molecule has 0 bridgehead atoms. The summed E-state index contributed by atoms with van der Waals surface area (Å²) in [6, 6.07) is 7.66. The van der Waals surface area contributed by atoms with E-state index in [0.717, 1.165) is 42.6 Å². The molecular weight excluding hydrogens is 492 g/mol. The van der Waals surface area contributed by atoms with Crippen molar-refractivity contribution in [1.29, 1.82) is 0 Å². The third-order valence-electron chi connectivity index (χ3n) is 9.73. The molecular formula is C36H54N2O2. The van der Waals surface area contributed by atoms with E-state index in [0.29, 0.717) is 11.6 Å². The van der Waals surface area contributed by atoms with Crippen LogP contribution in [0.3, 0.4) is 0 Å². The van der Waals surface area contributed by atoms with E-state index in [4.69, 9.17) is 4.74 Å².